The highest BCUT2D eigenvalue weighted by Crippen LogP contribution is 2.26. The van der Waals surface area contributed by atoms with E-state index in [1.165, 1.54) is 24.3 Å². The highest BCUT2D eigenvalue weighted by Gasteiger charge is 2.25. The van der Waals surface area contributed by atoms with Gasteiger partial charge in [0.05, 0.1) is 13.3 Å². The summed E-state index contributed by atoms with van der Waals surface area (Å²) in [5, 5.41) is 11.7. The SMILES string of the molecule is COc1cc(NC(=O)N2CCCc3ccc(C=O)nc32)ncc1C#N. The van der Waals surface area contributed by atoms with Crippen LogP contribution in [-0.4, -0.2) is 35.9 Å². The molecule has 0 aromatic carbocycles. The Kier molecular flexibility index (Phi) is 4.57. The standard InChI is InChI=1S/C17H15N5O3/c1-25-14-7-15(19-9-12(14)8-18)21-17(24)22-6-2-3-11-4-5-13(10-23)20-16(11)22/h4-5,7,9-10H,2-3,6H2,1H3,(H,19,21,24). The van der Waals surface area contributed by atoms with Crippen molar-refractivity contribution in [2.45, 2.75) is 12.8 Å². The van der Waals surface area contributed by atoms with Gasteiger partial charge in [0.1, 0.15) is 34.7 Å². The summed E-state index contributed by atoms with van der Waals surface area (Å²) in [4.78, 5) is 33.4. The lowest BCUT2D eigenvalue weighted by Crippen LogP contribution is -2.39. The molecular formula is C17H15N5O3. The molecule has 2 aromatic heterocycles. The molecule has 0 bridgehead atoms. The number of fused-ring (bicyclic) bond motifs is 1. The third-order valence-electron chi connectivity index (χ3n) is 3.87. The van der Waals surface area contributed by atoms with Gasteiger partial charge in [-0.15, -0.1) is 0 Å². The number of nitrogens with one attached hydrogen (secondary N) is 1. The van der Waals surface area contributed by atoms with Crippen molar-refractivity contribution >= 4 is 24.0 Å². The molecule has 0 atom stereocenters. The number of aldehydes is 1. The molecular weight excluding hydrogens is 322 g/mol. The second kappa shape index (κ2) is 6.97. The van der Waals surface area contributed by atoms with E-state index in [1.807, 2.05) is 12.1 Å². The van der Waals surface area contributed by atoms with Crippen molar-refractivity contribution in [2.75, 3.05) is 23.9 Å². The van der Waals surface area contributed by atoms with Crippen LogP contribution in [0.2, 0.25) is 0 Å². The van der Waals surface area contributed by atoms with E-state index in [0.29, 0.717) is 24.4 Å². The monoisotopic (exact) mass is 337 g/mol. The summed E-state index contributed by atoms with van der Waals surface area (Å²) >= 11 is 0. The molecule has 3 heterocycles. The summed E-state index contributed by atoms with van der Waals surface area (Å²) in [6, 6.07) is 6.49. The van der Waals surface area contributed by atoms with Crippen molar-refractivity contribution < 1.29 is 14.3 Å². The first-order chi connectivity index (χ1) is 12.2. The van der Waals surface area contributed by atoms with Crippen LogP contribution in [0.1, 0.15) is 28.0 Å². The van der Waals surface area contributed by atoms with E-state index in [9.17, 15) is 9.59 Å². The summed E-state index contributed by atoms with van der Waals surface area (Å²) in [5.41, 5.74) is 1.47. The first-order valence-electron chi connectivity index (χ1n) is 7.64. The number of aromatic nitrogens is 2. The highest BCUT2D eigenvalue weighted by atomic mass is 16.5. The number of amides is 2. The van der Waals surface area contributed by atoms with Gasteiger partial charge < -0.3 is 4.74 Å². The molecule has 1 aliphatic heterocycles. The molecule has 0 unspecified atom stereocenters. The maximum Gasteiger partial charge on any atom is 0.328 e. The summed E-state index contributed by atoms with van der Waals surface area (Å²) in [7, 11) is 1.44. The second-order valence-electron chi connectivity index (χ2n) is 5.40. The van der Waals surface area contributed by atoms with Crippen molar-refractivity contribution in [3.8, 4) is 11.8 Å². The van der Waals surface area contributed by atoms with Gasteiger partial charge in [-0.2, -0.15) is 5.26 Å². The van der Waals surface area contributed by atoms with Crippen LogP contribution in [0, 0.1) is 11.3 Å². The molecule has 0 aliphatic carbocycles. The van der Waals surface area contributed by atoms with Crippen LogP contribution in [0.5, 0.6) is 5.75 Å². The summed E-state index contributed by atoms with van der Waals surface area (Å²) < 4.78 is 5.11. The lowest BCUT2D eigenvalue weighted by atomic mass is 10.1. The van der Waals surface area contributed by atoms with Crippen molar-refractivity contribution in [3.05, 3.63) is 41.2 Å². The van der Waals surface area contributed by atoms with Gasteiger partial charge in [0.2, 0.25) is 0 Å². The molecule has 2 aromatic rings. The third-order valence-corrected chi connectivity index (χ3v) is 3.87. The van der Waals surface area contributed by atoms with E-state index in [4.69, 9.17) is 10.00 Å². The molecule has 25 heavy (non-hydrogen) atoms. The number of urea groups is 1. The van der Waals surface area contributed by atoms with Crippen LogP contribution in [0.25, 0.3) is 0 Å². The second-order valence-corrected chi connectivity index (χ2v) is 5.40. The summed E-state index contributed by atoms with van der Waals surface area (Å²) in [6.07, 6.45) is 3.58. The predicted molar refractivity (Wildman–Crippen MR) is 89.8 cm³/mol. The number of hydrogen-bond acceptors (Lipinski definition) is 6. The average Bonchev–Trinajstić information content (AvgIpc) is 2.66. The van der Waals surface area contributed by atoms with E-state index in [2.05, 4.69) is 15.3 Å². The number of carbonyl (C=O) groups is 2. The summed E-state index contributed by atoms with van der Waals surface area (Å²) in [5.74, 6) is 1.07. The van der Waals surface area contributed by atoms with E-state index >= 15 is 0 Å². The number of rotatable bonds is 3. The van der Waals surface area contributed by atoms with Crippen molar-refractivity contribution in [3.63, 3.8) is 0 Å². The Morgan fingerprint density at radius 2 is 2.32 bits per heavy atom. The molecule has 0 radical (unpaired) electrons. The van der Waals surface area contributed by atoms with Gasteiger partial charge >= 0.3 is 6.03 Å². The van der Waals surface area contributed by atoms with E-state index in [-0.39, 0.29) is 17.1 Å². The van der Waals surface area contributed by atoms with Crippen molar-refractivity contribution in [1.29, 1.82) is 5.26 Å². The van der Waals surface area contributed by atoms with E-state index < -0.39 is 6.03 Å². The predicted octanol–water partition coefficient (Wildman–Crippen LogP) is 2.15. The Hall–Kier alpha value is -3.47. The zero-order valence-electron chi connectivity index (χ0n) is 13.5. The lowest BCUT2D eigenvalue weighted by Gasteiger charge is -2.28. The molecule has 2 amide bonds. The topological polar surface area (TPSA) is 108 Å². The summed E-state index contributed by atoms with van der Waals surface area (Å²) in [6.45, 7) is 0.488. The molecule has 1 N–H and O–H groups in total. The van der Waals surface area contributed by atoms with Crippen molar-refractivity contribution in [1.82, 2.24) is 9.97 Å². The van der Waals surface area contributed by atoms with Gasteiger partial charge in [0.25, 0.3) is 0 Å². The molecule has 0 saturated heterocycles. The Morgan fingerprint density at radius 3 is 3.04 bits per heavy atom. The zero-order valence-corrected chi connectivity index (χ0v) is 13.5. The third kappa shape index (κ3) is 3.26. The minimum absolute atomic E-state index is 0.263. The molecule has 126 valence electrons. The number of pyridine rings is 2. The highest BCUT2D eigenvalue weighted by molar-refractivity contribution is 6.01. The number of carbonyl (C=O) groups excluding carboxylic acids is 2. The van der Waals surface area contributed by atoms with Crippen LogP contribution in [0.15, 0.2) is 24.4 Å². The number of ether oxygens (including phenoxy) is 1. The van der Waals surface area contributed by atoms with E-state index in [1.54, 1.807) is 6.07 Å². The molecule has 8 nitrogen and oxygen atoms in total. The maximum atomic E-state index is 12.6. The Bertz CT molecular complexity index is 875. The van der Waals surface area contributed by atoms with Crippen molar-refractivity contribution in [2.24, 2.45) is 0 Å². The Morgan fingerprint density at radius 1 is 1.48 bits per heavy atom. The number of hydrogen-bond donors (Lipinski definition) is 1. The molecule has 8 heteroatoms. The Balaban J connectivity index is 1.86. The number of aryl methyl sites for hydroxylation is 1. The normalized spacial score (nSPS) is 12.7. The molecule has 0 fully saturated rings. The molecule has 1 aliphatic rings. The number of nitrogens with zero attached hydrogens (tertiary/aromatic N) is 4. The number of nitriles is 1. The number of methoxy groups -OCH3 is 1. The smallest absolute Gasteiger partial charge is 0.328 e. The molecule has 0 spiro atoms. The van der Waals surface area contributed by atoms with Gasteiger partial charge in [-0.05, 0) is 24.5 Å². The van der Waals surface area contributed by atoms with Gasteiger partial charge in [-0.3, -0.25) is 15.0 Å². The van der Waals surface area contributed by atoms with Crippen LogP contribution in [0.4, 0.5) is 16.4 Å². The first-order valence-corrected chi connectivity index (χ1v) is 7.64. The van der Waals surface area contributed by atoms with Gasteiger partial charge in [-0.25, -0.2) is 14.8 Å². The fourth-order valence-corrected chi connectivity index (χ4v) is 2.65. The van der Waals surface area contributed by atoms with E-state index in [0.717, 1.165) is 18.4 Å². The fraction of sp³-hybridized carbons (Fsp3) is 0.235. The fourth-order valence-electron chi connectivity index (χ4n) is 2.65. The van der Waals surface area contributed by atoms with Crippen LogP contribution in [0.3, 0.4) is 0 Å². The lowest BCUT2D eigenvalue weighted by molar-refractivity contribution is 0.111. The first kappa shape index (κ1) is 16.4. The van der Waals surface area contributed by atoms with Gasteiger partial charge in [0, 0.05) is 12.6 Å². The molecule has 3 rings (SSSR count). The Labute approximate surface area is 144 Å². The molecule has 0 saturated carbocycles. The van der Waals surface area contributed by atoms with Gasteiger partial charge in [0.15, 0.2) is 6.29 Å². The number of anilines is 2. The minimum Gasteiger partial charge on any atom is -0.495 e. The van der Waals surface area contributed by atoms with Gasteiger partial charge in [-0.1, -0.05) is 6.07 Å². The minimum atomic E-state index is -0.407. The van der Waals surface area contributed by atoms with Crippen LogP contribution >= 0.6 is 0 Å². The van der Waals surface area contributed by atoms with Crippen LogP contribution in [-0.2, 0) is 6.42 Å². The quantitative estimate of drug-likeness (QED) is 0.860. The largest absolute Gasteiger partial charge is 0.495 e. The average molecular weight is 337 g/mol. The zero-order chi connectivity index (χ0) is 17.8. The van der Waals surface area contributed by atoms with Crippen LogP contribution < -0.4 is 15.0 Å². The maximum absolute atomic E-state index is 12.6.